The van der Waals surface area contributed by atoms with E-state index >= 15 is 0 Å². The second-order valence-corrected chi connectivity index (χ2v) is 2.54. The summed E-state index contributed by atoms with van der Waals surface area (Å²) in [7, 11) is 2.01. The van der Waals surface area contributed by atoms with E-state index in [4.69, 9.17) is 2.98 Å². The van der Waals surface area contributed by atoms with Crippen LogP contribution in [0, 0.1) is 0 Å². The van der Waals surface area contributed by atoms with E-state index in [9.17, 15) is 0 Å². The van der Waals surface area contributed by atoms with Gasteiger partial charge in [-0.25, -0.2) is 0 Å². The average Bonchev–Trinajstić information content (AvgIpc) is 1.65. The van der Waals surface area contributed by atoms with Gasteiger partial charge in [0.25, 0.3) is 0 Å². The van der Waals surface area contributed by atoms with Crippen molar-refractivity contribution < 1.29 is 2.98 Å². The Balaban J connectivity index is 2.75. The van der Waals surface area contributed by atoms with Crippen LogP contribution in [0.2, 0.25) is 0 Å². The largest absolute Gasteiger partial charge is 0.374 e. The lowest BCUT2D eigenvalue weighted by molar-refractivity contribution is 0.792. The molecule has 0 heterocycles. The standard InChI is InChI=1S/CH5B2IOS/c1-6-3(2)5-4/h2H2,1H3. The Morgan fingerprint density at radius 3 is 2.50 bits per heavy atom. The molecule has 0 aromatic carbocycles. The zero-order chi connectivity index (χ0) is 4.99. The van der Waals surface area contributed by atoms with Crippen molar-refractivity contribution in [3.05, 3.63) is 0 Å². The first-order valence-corrected chi connectivity index (χ1v) is 3.78. The fourth-order valence-electron chi connectivity index (χ4n) is 0.0364. The molecule has 5 heteroatoms. The summed E-state index contributed by atoms with van der Waals surface area (Å²) in [6, 6.07) is 0. The van der Waals surface area contributed by atoms with Gasteiger partial charge in [-0.15, -0.1) is 0 Å². The first-order valence-electron chi connectivity index (χ1n) is 1.61. The summed E-state index contributed by atoms with van der Waals surface area (Å²) in [4.78, 5) is 0. The van der Waals surface area contributed by atoms with Gasteiger partial charge in [0.1, 0.15) is 7.74 Å². The SMILES string of the molecule is BB(OI)SC. The molecule has 0 rings (SSSR count). The van der Waals surface area contributed by atoms with Crippen LogP contribution in [-0.4, -0.2) is 20.1 Å². The van der Waals surface area contributed by atoms with Gasteiger partial charge in [0.15, 0.2) is 0 Å². The molecular weight excluding hydrogens is 209 g/mol. The highest BCUT2D eigenvalue weighted by Gasteiger charge is 2.00. The van der Waals surface area contributed by atoms with Gasteiger partial charge in [-0.3, -0.25) is 0 Å². The van der Waals surface area contributed by atoms with E-state index in [1.807, 2.05) is 37.0 Å². The number of halogens is 1. The van der Waals surface area contributed by atoms with Crippen molar-refractivity contribution in [3.8, 4) is 0 Å². The van der Waals surface area contributed by atoms with Crippen LogP contribution in [0.5, 0.6) is 0 Å². The van der Waals surface area contributed by atoms with Crippen LogP contribution >= 0.6 is 34.6 Å². The number of hydrogen-bond donors (Lipinski definition) is 0. The minimum Gasteiger partial charge on any atom is -0.374 e. The molecule has 0 fully saturated rings. The zero-order valence-electron chi connectivity index (χ0n) is 3.77. The Hall–Kier alpha value is 1.17. The van der Waals surface area contributed by atoms with Gasteiger partial charge in [0.2, 0.25) is 0 Å². The third-order valence-corrected chi connectivity index (χ3v) is 2.33. The smallest absolute Gasteiger partial charge is 0.323 e. The van der Waals surface area contributed by atoms with Gasteiger partial charge in [-0.05, 0) is 6.26 Å². The summed E-state index contributed by atoms with van der Waals surface area (Å²) in [6.45, 7) is 0. The summed E-state index contributed by atoms with van der Waals surface area (Å²) in [5.41, 5.74) is 0. The maximum absolute atomic E-state index is 4.83. The van der Waals surface area contributed by atoms with Crippen molar-refractivity contribution in [2.24, 2.45) is 0 Å². The molecule has 0 saturated heterocycles. The van der Waals surface area contributed by atoms with E-state index in [0.717, 1.165) is 0 Å². The Bertz CT molecular complexity index is 32.7. The van der Waals surface area contributed by atoms with Gasteiger partial charge < -0.3 is 2.98 Å². The Kier molecular flexibility index (Phi) is 5.18. The Morgan fingerprint density at radius 1 is 2.00 bits per heavy atom. The Morgan fingerprint density at radius 2 is 2.50 bits per heavy atom. The summed E-state index contributed by atoms with van der Waals surface area (Å²) in [6.07, 6.45) is 2.36. The molecule has 6 heavy (non-hydrogen) atoms. The fraction of sp³-hybridized carbons (Fsp3) is 1.00. The lowest BCUT2D eigenvalue weighted by Gasteiger charge is -1.93. The van der Waals surface area contributed by atoms with Crippen LogP contribution in [0.3, 0.4) is 0 Å². The second-order valence-electron chi connectivity index (χ2n) is 0.892. The molecular formula is CH5B2IOS. The first kappa shape index (κ1) is 7.17. The van der Waals surface area contributed by atoms with E-state index in [2.05, 4.69) is 0 Å². The predicted molar refractivity (Wildman–Crippen MR) is 42.9 cm³/mol. The molecule has 0 atom stereocenters. The van der Waals surface area contributed by atoms with Crippen molar-refractivity contribution >= 4 is 48.4 Å². The van der Waals surface area contributed by atoms with Crippen LogP contribution in [0.15, 0.2) is 0 Å². The molecule has 0 aromatic rings. The van der Waals surface area contributed by atoms with Crippen molar-refractivity contribution in [1.29, 1.82) is 0 Å². The summed E-state index contributed by atoms with van der Waals surface area (Å²) >= 11 is 3.59. The molecule has 34 valence electrons. The molecule has 1 nitrogen and oxygen atoms in total. The number of rotatable bonds is 2. The molecule has 0 aliphatic rings. The van der Waals surface area contributed by atoms with Crippen molar-refractivity contribution in [1.82, 2.24) is 0 Å². The molecule has 0 aliphatic heterocycles. The normalized spacial score (nSPS) is 8.33. The maximum Gasteiger partial charge on any atom is 0.323 e. The van der Waals surface area contributed by atoms with Crippen LogP contribution in [-0.2, 0) is 2.98 Å². The van der Waals surface area contributed by atoms with Crippen LogP contribution < -0.4 is 0 Å². The van der Waals surface area contributed by atoms with Gasteiger partial charge >= 0.3 is 6.08 Å². The molecule has 0 amide bonds. The van der Waals surface area contributed by atoms with E-state index in [1.165, 1.54) is 0 Å². The molecule has 0 saturated carbocycles. The summed E-state index contributed by atoms with van der Waals surface area (Å²) < 4.78 is 4.83. The maximum atomic E-state index is 4.83. The predicted octanol–water partition coefficient (Wildman–Crippen LogP) is 0.334. The summed E-state index contributed by atoms with van der Waals surface area (Å²) in [5, 5.41) is 0. The molecule has 0 aliphatic carbocycles. The lowest BCUT2D eigenvalue weighted by Crippen LogP contribution is -2.05. The van der Waals surface area contributed by atoms with E-state index in [-0.39, 0.29) is 0 Å². The molecule has 0 N–H and O–H groups in total. The Labute approximate surface area is 57.7 Å². The first-order chi connectivity index (χ1) is 2.81. The minimum atomic E-state index is 0.339. The number of hydrogen-bond acceptors (Lipinski definition) is 2. The van der Waals surface area contributed by atoms with Crippen LogP contribution in [0.1, 0.15) is 0 Å². The van der Waals surface area contributed by atoms with E-state index in [0.29, 0.717) is 6.08 Å². The topological polar surface area (TPSA) is 9.23 Å². The second kappa shape index (κ2) is 4.33. The quantitative estimate of drug-likeness (QED) is 0.483. The van der Waals surface area contributed by atoms with Crippen molar-refractivity contribution in [2.75, 3.05) is 6.26 Å². The third kappa shape index (κ3) is 3.36. The van der Waals surface area contributed by atoms with Crippen molar-refractivity contribution in [2.45, 2.75) is 0 Å². The van der Waals surface area contributed by atoms with E-state index < -0.39 is 0 Å². The molecule has 0 radical (unpaired) electrons. The van der Waals surface area contributed by atoms with Crippen LogP contribution in [0.4, 0.5) is 0 Å². The van der Waals surface area contributed by atoms with Crippen molar-refractivity contribution in [3.63, 3.8) is 0 Å². The molecule has 0 spiro atoms. The lowest BCUT2D eigenvalue weighted by atomic mass is 9.70. The summed E-state index contributed by atoms with van der Waals surface area (Å²) in [5.74, 6) is 0. The zero-order valence-corrected chi connectivity index (χ0v) is 6.75. The highest BCUT2D eigenvalue weighted by Crippen LogP contribution is 2.00. The fourth-order valence-corrected chi connectivity index (χ4v) is 0.732. The molecule has 0 unspecified atom stereocenters. The van der Waals surface area contributed by atoms with E-state index in [1.54, 1.807) is 11.6 Å². The van der Waals surface area contributed by atoms with Gasteiger partial charge in [0, 0.05) is 0 Å². The minimum absolute atomic E-state index is 0.339. The average molecular weight is 214 g/mol. The van der Waals surface area contributed by atoms with Gasteiger partial charge in [-0.2, -0.15) is 11.6 Å². The van der Waals surface area contributed by atoms with Crippen LogP contribution in [0.25, 0.3) is 0 Å². The monoisotopic (exact) mass is 214 g/mol. The molecule has 0 bridgehead atoms. The third-order valence-electron chi connectivity index (χ3n) is 0.457. The highest BCUT2D eigenvalue weighted by molar-refractivity contribution is 14.1. The molecule has 0 aromatic heterocycles. The highest BCUT2D eigenvalue weighted by atomic mass is 127. The van der Waals surface area contributed by atoms with Gasteiger partial charge in [0.05, 0.1) is 23.0 Å². The van der Waals surface area contributed by atoms with Gasteiger partial charge in [-0.1, -0.05) is 0 Å².